The summed E-state index contributed by atoms with van der Waals surface area (Å²) in [5.74, 6) is 1.04. The number of hydrogen-bond acceptors (Lipinski definition) is 2. The predicted octanol–water partition coefficient (Wildman–Crippen LogP) is 4.01. The fourth-order valence-corrected chi connectivity index (χ4v) is 2.94. The number of rotatable bonds is 5. The Morgan fingerprint density at radius 3 is 2.67 bits per heavy atom. The van der Waals surface area contributed by atoms with Gasteiger partial charge in [-0.05, 0) is 42.8 Å². The molecule has 0 unspecified atom stereocenters. The molecule has 0 bridgehead atoms. The molecular formula is C16H19NS. The average Bonchev–Trinajstić information content (AvgIpc) is 2.39. The Hall–Kier alpha value is -1.25. The van der Waals surface area contributed by atoms with E-state index in [1.807, 2.05) is 18.8 Å². The van der Waals surface area contributed by atoms with E-state index in [1.165, 1.54) is 21.6 Å². The predicted molar refractivity (Wildman–Crippen MR) is 79.9 cm³/mol. The first-order chi connectivity index (χ1) is 8.79. The van der Waals surface area contributed by atoms with Crippen molar-refractivity contribution in [1.29, 1.82) is 0 Å². The highest BCUT2D eigenvalue weighted by Gasteiger charge is 2.00. The molecule has 0 aliphatic rings. The fourth-order valence-electron chi connectivity index (χ4n) is 1.88. The highest BCUT2D eigenvalue weighted by molar-refractivity contribution is 7.98. The van der Waals surface area contributed by atoms with Gasteiger partial charge in [-0.1, -0.05) is 36.4 Å². The minimum Gasteiger partial charge on any atom is -0.316 e. The van der Waals surface area contributed by atoms with Crippen molar-refractivity contribution >= 4 is 11.8 Å². The molecule has 0 aliphatic carbocycles. The second-order valence-electron chi connectivity index (χ2n) is 4.39. The maximum atomic E-state index is 3.18. The van der Waals surface area contributed by atoms with Crippen molar-refractivity contribution in [2.75, 3.05) is 7.05 Å². The number of thioether (sulfide) groups is 1. The van der Waals surface area contributed by atoms with Crippen molar-refractivity contribution in [2.45, 2.75) is 24.1 Å². The fraction of sp³-hybridized carbons (Fsp3) is 0.250. The molecule has 0 spiro atoms. The number of benzene rings is 2. The summed E-state index contributed by atoms with van der Waals surface area (Å²) < 4.78 is 0. The molecule has 2 aromatic carbocycles. The standard InChI is InChI=1S/C16H19NS/c1-13-6-3-4-8-15(13)12-18-16-9-5-7-14(10-16)11-17-2/h3-10,17H,11-12H2,1-2H3. The maximum absolute atomic E-state index is 3.18. The molecule has 18 heavy (non-hydrogen) atoms. The van der Waals surface area contributed by atoms with Crippen molar-refractivity contribution in [2.24, 2.45) is 0 Å². The van der Waals surface area contributed by atoms with E-state index in [0.29, 0.717) is 0 Å². The lowest BCUT2D eigenvalue weighted by molar-refractivity contribution is 0.815. The second-order valence-corrected chi connectivity index (χ2v) is 5.44. The SMILES string of the molecule is CNCc1cccc(SCc2ccccc2C)c1. The van der Waals surface area contributed by atoms with E-state index in [2.05, 4.69) is 60.8 Å². The minimum atomic E-state index is 0.929. The van der Waals surface area contributed by atoms with Crippen LogP contribution in [0.2, 0.25) is 0 Å². The van der Waals surface area contributed by atoms with Gasteiger partial charge in [-0.2, -0.15) is 0 Å². The zero-order chi connectivity index (χ0) is 12.8. The Bertz CT molecular complexity index is 508. The Labute approximate surface area is 114 Å². The van der Waals surface area contributed by atoms with Gasteiger partial charge in [0.25, 0.3) is 0 Å². The molecule has 0 radical (unpaired) electrons. The lowest BCUT2D eigenvalue weighted by Crippen LogP contribution is -2.04. The van der Waals surface area contributed by atoms with Crippen molar-refractivity contribution < 1.29 is 0 Å². The van der Waals surface area contributed by atoms with Gasteiger partial charge in [0.15, 0.2) is 0 Å². The third-order valence-electron chi connectivity index (χ3n) is 2.93. The molecule has 1 nitrogen and oxygen atoms in total. The van der Waals surface area contributed by atoms with Crippen LogP contribution in [0.3, 0.4) is 0 Å². The van der Waals surface area contributed by atoms with E-state index in [4.69, 9.17) is 0 Å². The summed E-state index contributed by atoms with van der Waals surface area (Å²) in [6.07, 6.45) is 0. The summed E-state index contributed by atoms with van der Waals surface area (Å²) in [4.78, 5) is 1.34. The van der Waals surface area contributed by atoms with Gasteiger partial charge in [0.2, 0.25) is 0 Å². The molecule has 0 amide bonds. The summed E-state index contributed by atoms with van der Waals surface area (Å²) in [5, 5.41) is 3.18. The number of hydrogen-bond donors (Lipinski definition) is 1. The normalized spacial score (nSPS) is 10.6. The molecule has 2 heteroatoms. The van der Waals surface area contributed by atoms with E-state index in [-0.39, 0.29) is 0 Å². The van der Waals surface area contributed by atoms with Gasteiger partial charge in [0.1, 0.15) is 0 Å². The Balaban J connectivity index is 2.02. The van der Waals surface area contributed by atoms with Gasteiger partial charge in [-0.3, -0.25) is 0 Å². The molecule has 0 heterocycles. The maximum Gasteiger partial charge on any atom is 0.0234 e. The zero-order valence-electron chi connectivity index (χ0n) is 10.9. The molecule has 2 rings (SSSR count). The highest BCUT2D eigenvalue weighted by atomic mass is 32.2. The van der Waals surface area contributed by atoms with Crippen molar-refractivity contribution in [3.63, 3.8) is 0 Å². The summed E-state index contributed by atoms with van der Waals surface area (Å²) in [6.45, 7) is 3.10. The first-order valence-electron chi connectivity index (χ1n) is 6.20. The van der Waals surface area contributed by atoms with Crippen molar-refractivity contribution in [3.8, 4) is 0 Å². The first-order valence-corrected chi connectivity index (χ1v) is 7.19. The third-order valence-corrected chi connectivity index (χ3v) is 3.98. The monoisotopic (exact) mass is 257 g/mol. The van der Waals surface area contributed by atoms with E-state index < -0.39 is 0 Å². The number of aryl methyl sites for hydroxylation is 1. The van der Waals surface area contributed by atoms with E-state index in [9.17, 15) is 0 Å². The second kappa shape index (κ2) is 6.62. The topological polar surface area (TPSA) is 12.0 Å². The zero-order valence-corrected chi connectivity index (χ0v) is 11.8. The third kappa shape index (κ3) is 3.62. The van der Waals surface area contributed by atoms with Gasteiger partial charge in [0, 0.05) is 17.2 Å². The van der Waals surface area contributed by atoms with Gasteiger partial charge in [-0.15, -0.1) is 11.8 Å². The van der Waals surface area contributed by atoms with Crippen LogP contribution in [0.5, 0.6) is 0 Å². The van der Waals surface area contributed by atoms with Crippen LogP contribution in [0.4, 0.5) is 0 Å². The molecule has 1 N–H and O–H groups in total. The lowest BCUT2D eigenvalue weighted by Gasteiger charge is -2.07. The summed E-state index contributed by atoms with van der Waals surface area (Å²) >= 11 is 1.90. The van der Waals surface area contributed by atoms with Gasteiger partial charge in [-0.25, -0.2) is 0 Å². The Morgan fingerprint density at radius 2 is 1.89 bits per heavy atom. The molecule has 0 saturated carbocycles. The molecule has 2 aromatic rings. The van der Waals surface area contributed by atoms with E-state index >= 15 is 0 Å². The van der Waals surface area contributed by atoms with Crippen LogP contribution in [0.15, 0.2) is 53.4 Å². The minimum absolute atomic E-state index is 0.929. The Morgan fingerprint density at radius 1 is 1.06 bits per heavy atom. The molecule has 0 aliphatic heterocycles. The summed E-state index contributed by atoms with van der Waals surface area (Å²) in [5.41, 5.74) is 4.13. The van der Waals surface area contributed by atoms with Crippen LogP contribution in [-0.4, -0.2) is 7.05 Å². The average molecular weight is 257 g/mol. The van der Waals surface area contributed by atoms with Crippen LogP contribution in [0.25, 0.3) is 0 Å². The largest absolute Gasteiger partial charge is 0.316 e. The summed E-state index contributed by atoms with van der Waals surface area (Å²) in [6, 6.07) is 17.3. The number of nitrogens with one attached hydrogen (secondary N) is 1. The highest BCUT2D eigenvalue weighted by Crippen LogP contribution is 2.24. The van der Waals surface area contributed by atoms with Crippen LogP contribution in [-0.2, 0) is 12.3 Å². The quantitative estimate of drug-likeness (QED) is 0.812. The molecule has 0 fully saturated rings. The van der Waals surface area contributed by atoms with Crippen LogP contribution in [0.1, 0.15) is 16.7 Å². The molecule has 0 aromatic heterocycles. The molecular weight excluding hydrogens is 238 g/mol. The van der Waals surface area contributed by atoms with Gasteiger partial charge < -0.3 is 5.32 Å². The van der Waals surface area contributed by atoms with Crippen LogP contribution in [0, 0.1) is 6.92 Å². The first kappa shape index (κ1) is 13.2. The van der Waals surface area contributed by atoms with E-state index in [0.717, 1.165) is 12.3 Å². The molecule has 94 valence electrons. The van der Waals surface area contributed by atoms with Crippen LogP contribution >= 0.6 is 11.8 Å². The molecule has 0 saturated heterocycles. The van der Waals surface area contributed by atoms with Crippen LogP contribution < -0.4 is 5.32 Å². The Kier molecular flexibility index (Phi) is 4.85. The summed E-state index contributed by atoms with van der Waals surface area (Å²) in [7, 11) is 1.98. The van der Waals surface area contributed by atoms with Crippen molar-refractivity contribution in [3.05, 3.63) is 65.2 Å². The van der Waals surface area contributed by atoms with E-state index in [1.54, 1.807) is 0 Å². The van der Waals surface area contributed by atoms with Crippen molar-refractivity contribution in [1.82, 2.24) is 5.32 Å². The lowest BCUT2D eigenvalue weighted by atomic mass is 10.1. The smallest absolute Gasteiger partial charge is 0.0234 e. The molecule has 0 atom stereocenters. The van der Waals surface area contributed by atoms with Gasteiger partial charge in [0.05, 0.1) is 0 Å². The van der Waals surface area contributed by atoms with Gasteiger partial charge >= 0.3 is 0 Å².